The summed E-state index contributed by atoms with van der Waals surface area (Å²) in [7, 11) is 0. The lowest BCUT2D eigenvalue weighted by molar-refractivity contribution is -0.0586. The number of morpholine rings is 1. The smallest absolute Gasteiger partial charge is 0.255 e. The molecule has 0 unspecified atom stereocenters. The number of thioether (sulfide) groups is 1. The molecular weight excluding hydrogens is 336 g/mol. The molecule has 25 heavy (non-hydrogen) atoms. The van der Waals surface area contributed by atoms with Crippen LogP contribution in [0.25, 0.3) is 0 Å². The van der Waals surface area contributed by atoms with E-state index >= 15 is 0 Å². The molecule has 1 amide bonds. The highest BCUT2D eigenvalue weighted by molar-refractivity contribution is 7.98. The second-order valence-electron chi connectivity index (χ2n) is 6.56. The first-order chi connectivity index (χ1) is 12.0. The predicted molar refractivity (Wildman–Crippen MR) is 97.9 cm³/mol. The van der Waals surface area contributed by atoms with Crippen molar-refractivity contribution in [2.24, 2.45) is 0 Å². The van der Waals surface area contributed by atoms with Gasteiger partial charge in [0.2, 0.25) is 0 Å². The van der Waals surface area contributed by atoms with Crippen molar-refractivity contribution in [3.8, 4) is 0 Å². The van der Waals surface area contributed by atoms with Crippen molar-refractivity contribution in [3.05, 3.63) is 46.8 Å². The number of hydrogen-bond donors (Lipinski definition) is 0. The molecule has 0 spiro atoms. The number of aromatic nitrogens is 1. The number of hydrogen-bond acceptors (Lipinski definition) is 5. The molecule has 1 fully saturated rings. The van der Waals surface area contributed by atoms with Gasteiger partial charge in [0.1, 0.15) is 5.76 Å². The quantitative estimate of drug-likeness (QED) is 0.776. The van der Waals surface area contributed by atoms with Gasteiger partial charge >= 0.3 is 0 Å². The van der Waals surface area contributed by atoms with Crippen LogP contribution in [0.15, 0.2) is 33.7 Å². The van der Waals surface area contributed by atoms with Gasteiger partial charge in [-0.3, -0.25) is 4.79 Å². The third-order valence-electron chi connectivity index (χ3n) is 4.38. The molecular formula is C19H24N2O3S. The maximum Gasteiger partial charge on any atom is 0.255 e. The molecule has 0 bridgehead atoms. The van der Waals surface area contributed by atoms with Crippen LogP contribution >= 0.6 is 11.8 Å². The van der Waals surface area contributed by atoms with Gasteiger partial charge in [-0.2, -0.15) is 0 Å². The molecule has 2 aromatic rings. The fourth-order valence-corrected chi connectivity index (χ4v) is 4.34. The van der Waals surface area contributed by atoms with E-state index in [0.29, 0.717) is 13.1 Å². The minimum Gasteiger partial charge on any atom is -0.372 e. The molecule has 0 aliphatic carbocycles. The first kappa shape index (κ1) is 18.0. The van der Waals surface area contributed by atoms with Crippen LogP contribution in [-0.4, -0.2) is 41.3 Å². The average molecular weight is 360 g/mol. The van der Waals surface area contributed by atoms with E-state index in [1.165, 1.54) is 0 Å². The zero-order valence-electron chi connectivity index (χ0n) is 15.1. The van der Waals surface area contributed by atoms with Crippen LogP contribution in [0.1, 0.15) is 41.2 Å². The van der Waals surface area contributed by atoms with Gasteiger partial charge < -0.3 is 14.2 Å². The molecule has 2 atom stereocenters. The fraction of sp³-hybridized carbons (Fsp3) is 0.474. The number of benzene rings is 1. The number of amides is 1. The van der Waals surface area contributed by atoms with Gasteiger partial charge in [-0.25, -0.2) is 0 Å². The maximum atomic E-state index is 13.0. The van der Waals surface area contributed by atoms with Crippen molar-refractivity contribution in [2.75, 3.05) is 13.1 Å². The molecule has 134 valence electrons. The first-order valence-electron chi connectivity index (χ1n) is 8.54. The molecule has 1 aromatic heterocycles. The summed E-state index contributed by atoms with van der Waals surface area (Å²) in [5.41, 5.74) is 2.76. The summed E-state index contributed by atoms with van der Waals surface area (Å²) < 4.78 is 11.0. The van der Waals surface area contributed by atoms with Crippen LogP contribution in [0.2, 0.25) is 0 Å². The van der Waals surface area contributed by atoms with E-state index in [2.05, 4.69) is 5.16 Å². The van der Waals surface area contributed by atoms with Crippen LogP contribution in [0.5, 0.6) is 0 Å². The van der Waals surface area contributed by atoms with Gasteiger partial charge in [-0.15, -0.1) is 11.8 Å². The summed E-state index contributed by atoms with van der Waals surface area (Å²) in [6.07, 6.45) is 0.129. The number of carbonyl (C=O) groups excluding carboxylic acids is 1. The van der Waals surface area contributed by atoms with Crippen LogP contribution in [-0.2, 0) is 10.5 Å². The summed E-state index contributed by atoms with van der Waals surface area (Å²) in [4.78, 5) is 15.9. The SMILES string of the molecule is Cc1noc(C)c1CSc1ccccc1C(=O)N1C[C@@H](C)O[C@H](C)C1. The van der Waals surface area contributed by atoms with Crippen LogP contribution in [0, 0.1) is 13.8 Å². The Labute approximate surface area is 152 Å². The number of carbonyl (C=O) groups is 1. The first-order valence-corrected chi connectivity index (χ1v) is 9.52. The van der Waals surface area contributed by atoms with Crippen LogP contribution < -0.4 is 0 Å². The topological polar surface area (TPSA) is 55.6 Å². The number of nitrogens with zero attached hydrogens (tertiary/aromatic N) is 2. The molecule has 5 nitrogen and oxygen atoms in total. The molecule has 1 aliphatic rings. The Morgan fingerprint density at radius 1 is 1.24 bits per heavy atom. The number of rotatable bonds is 4. The monoisotopic (exact) mass is 360 g/mol. The summed E-state index contributed by atoms with van der Waals surface area (Å²) >= 11 is 1.65. The Bertz CT molecular complexity index is 729. The Morgan fingerprint density at radius 2 is 1.92 bits per heavy atom. The molecule has 0 N–H and O–H groups in total. The maximum absolute atomic E-state index is 13.0. The van der Waals surface area contributed by atoms with Crippen LogP contribution in [0.4, 0.5) is 0 Å². The Hall–Kier alpha value is -1.79. The van der Waals surface area contributed by atoms with Crippen molar-refractivity contribution < 1.29 is 14.1 Å². The molecule has 6 heteroatoms. The molecule has 1 aliphatic heterocycles. The number of aryl methyl sites for hydroxylation is 2. The predicted octanol–water partition coefficient (Wildman–Crippen LogP) is 3.83. The largest absolute Gasteiger partial charge is 0.372 e. The van der Waals surface area contributed by atoms with Gasteiger partial charge in [0, 0.05) is 29.3 Å². The van der Waals surface area contributed by atoms with E-state index in [1.807, 2.05) is 56.9 Å². The summed E-state index contributed by atoms with van der Waals surface area (Å²) in [6, 6.07) is 7.80. The lowest BCUT2D eigenvalue weighted by Crippen LogP contribution is -2.48. The van der Waals surface area contributed by atoms with E-state index in [4.69, 9.17) is 9.26 Å². The normalized spacial score (nSPS) is 20.7. The number of ether oxygens (including phenoxy) is 1. The van der Waals surface area contributed by atoms with E-state index in [0.717, 1.165) is 33.2 Å². The molecule has 3 rings (SSSR count). The van der Waals surface area contributed by atoms with Crippen molar-refractivity contribution >= 4 is 17.7 Å². The van der Waals surface area contributed by atoms with Gasteiger partial charge in [-0.05, 0) is 39.8 Å². The molecule has 0 radical (unpaired) electrons. The standard InChI is InChI=1S/C19H24N2O3S/c1-12-9-21(10-13(2)23-12)19(22)16-7-5-6-8-18(16)25-11-17-14(3)20-24-15(17)4/h5-8,12-13H,9-11H2,1-4H3/t12-,13-/m1/s1. The minimum atomic E-state index is 0.0646. The second-order valence-corrected chi connectivity index (χ2v) is 7.57. The zero-order chi connectivity index (χ0) is 18.0. The van der Waals surface area contributed by atoms with Gasteiger partial charge in [0.25, 0.3) is 5.91 Å². The van der Waals surface area contributed by atoms with E-state index in [-0.39, 0.29) is 18.1 Å². The second kappa shape index (κ2) is 7.62. The lowest BCUT2D eigenvalue weighted by Gasteiger charge is -2.35. The van der Waals surface area contributed by atoms with Gasteiger partial charge in [0.15, 0.2) is 0 Å². The lowest BCUT2D eigenvalue weighted by atomic mass is 10.1. The van der Waals surface area contributed by atoms with Gasteiger partial charge in [-0.1, -0.05) is 17.3 Å². The Kier molecular flexibility index (Phi) is 5.49. The van der Waals surface area contributed by atoms with Gasteiger partial charge in [0.05, 0.1) is 23.5 Å². The van der Waals surface area contributed by atoms with E-state index in [1.54, 1.807) is 11.8 Å². The zero-order valence-corrected chi connectivity index (χ0v) is 15.9. The van der Waals surface area contributed by atoms with E-state index in [9.17, 15) is 4.79 Å². The molecule has 0 saturated carbocycles. The Morgan fingerprint density at radius 3 is 2.56 bits per heavy atom. The van der Waals surface area contributed by atoms with Crippen molar-refractivity contribution in [3.63, 3.8) is 0 Å². The highest BCUT2D eigenvalue weighted by Gasteiger charge is 2.27. The van der Waals surface area contributed by atoms with Crippen molar-refractivity contribution in [2.45, 2.75) is 50.6 Å². The Balaban J connectivity index is 1.77. The third-order valence-corrected chi connectivity index (χ3v) is 5.48. The molecule has 1 aromatic carbocycles. The molecule has 2 heterocycles. The highest BCUT2D eigenvalue weighted by atomic mass is 32.2. The minimum absolute atomic E-state index is 0.0646. The van der Waals surface area contributed by atoms with Crippen molar-refractivity contribution in [1.82, 2.24) is 10.1 Å². The summed E-state index contributed by atoms with van der Waals surface area (Å²) in [5, 5.41) is 4.00. The average Bonchev–Trinajstić information content (AvgIpc) is 2.90. The van der Waals surface area contributed by atoms with E-state index < -0.39 is 0 Å². The fourth-order valence-electron chi connectivity index (χ4n) is 3.14. The summed E-state index contributed by atoms with van der Waals surface area (Å²) in [6.45, 7) is 9.14. The molecule has 1 saturated heterocycles. The van der Waals surface area contributed by atoms with Crippen molar-refractivity contribution in [1.29, 1.82) is 0 Å². The highest BCUT2D eigenvalue weighted by Crippen LogP contribution is 2.30. The van der Waals surface area contributed by atoms with Crippen LogP contribution in [0.3, 0.4) is 0 Å². The summed E-state index contributed by atoms with van der Waals surface area (Å²) in [5.74, 6) is 1.65. The third kappa shape index (κ3) is 4.07.